The van der Waals surface area contributed by atoms with Gasteiger partial charge in [-0.25, -0.2) is 0 Å². The van der Waals surface area contributed by atoms with Gasteiger partial charge in [-0.1, -0.05) is 18.2 Å². The van der Waals surface area contributed by atoms with E-state index in [1.807, 2.05) is 6.07 Å². The molecule has 4 rings (SSSR count). The van der Waals surface area contributed by atoms with Crippen LogP contribution in [0.4, 0.5) is 0 Å². The number of benzene rings is 1. The Hall–Kier alpha value is -1.74. The van der Waals surface area contributed by atoms with Gasteiger partial charge in [-0.2, -0.15) is 0 Å². The highest BCUT2D eigenvalue weighted by molar-refractivity contribution is 5.37. The van der Waals surface area contributed by atoms with Gasteiger partial charge in [0.05, 0.1) is 12.2 Å². The smallest absolute Gasteiger partial charge is 0.129 e. The van der Waals surface area contributed by atoms with Crippen molar-refractivity contribution in [3.63, 3.8) is 0 Å². The lowest BCUT2D eigenvalue weighted by Gasteiger charge is -2.23. The average Bonchev–Trinajstić information content (AvgIpc) is 2.81. The van der Waals surface area contributed by atoms with Crippen molar-refractivity contribution in [1.82, 2.24) is 9.88 Å². The predicted molar refractivity (Wildman–Crippen MR) is 79.2 cm³/mol. The second-order valence-corrected chi connectivity index (χ2v) is 5.77. The van der Waals surface area contributed by atoms with Gasteiger partial charge in [-0.3, -0.25) is 0 Å². The topological polar surface area (TPSA) is 26.2 Å². The first-order valence-electron chi connectivity index (χ1n) is 7.51. The van der Waals surface area contributed by atoms with Crippen LogP contribution in [0.1, 0.15) is 35.6 Å². The third-order valence-electron chi connectivity index (χ3n) is 4.57. The molecule has 3 heteroatoms. The summed E-state index contributed by atoms with van der Waals surface area (Å²) in [5.41, 5.74) is 4.14. The molecule has 2 aliphatic heterocycles. The standard InChI is InChI=1S/C17H20N2O/c1-2-4-17-14(3-1)11-19-10-7-15(16(19)12-20-17)13-5-8-18-9-6-13/h1-4,7,10,13,18H,5-6,8-9,11-12H2. The molecule has 3 heterocycles. The van der Waals surface area contributed by atoms with Crippen LogP contribution in [0, 0.1) is 0 Å². The number of hydrogen-bond acceptors (Lipinski definition) is 2. The zero-order valence-electron chi connectivity index (χ0n) is 11.6. The lowest BCUT2D eigenvalue weighted by Crippen LogP contribution is -2.27. The summed E-state index contributed by atoms with van der Waals surface area (Å²) in [5.74, 6) is 1.73. The summed E-state index contributed by atoms with van der Waals surface area (Å²) in [7, 11) is 0. The van der Waals surface area contributed by atoms with Crippen LogP contribution >= 0.6 is 0 Å². The molecule has 2 aromatic rings. The Morgan fingerprint density at radius 2 is 1.95 bits per heavy atom. The Bertz CT molecular complexity index is 611. The highest BCUT2D eigenvalue weighted by Gasteiger charge is 2.23. The Morgan fingerprint density at radius 1 is 1.10 bits per heavy atom. The van der Waals surface area contributed by atoms with E-state index < -0.39 is 0 Å². The van der Waals surface area contributed by atoms with E-state index in [9.17, 15) is 0 Å². The second-order valence-electron chi connectivity index (χ2n) is 5.77. The Balaban J connectivity index is 1.68. The van der Waals surface area contributed by atoms with Crippen LogP contribution in [0.5, 0.6) is 5.75 Å². The third kappa shape index (κ3) is 2.02. The molecule has 0 aliphatic carbocycles. The van der Waals surface area contributed by atoms with Gasteiger partial charge in [0.15, 0.2) is 0 Å². The zero-order valence-corrected chi connectivity index (χ0v) is 11.6. The van der Waals surface area contributed by atoms with Crippen LogP contribution in [0.2, 0.25) is 0 Å². The number of fused-ring (bicyclic) bond motifs is 2. The molecule has 0 spiro atoms. The van der Waals surface area contributed by atoms with Crippen LogP contribution in [0.25, 0.3) is 0 Å². The van der Waals surface area contributed by atoms with Crippen molar-refractivity contribution in [3.8, 4) is 5.75 Å². The monoisotopic (exact) mass is 268 g/mol. The summed E-state index contributed by atoms with van der Waals surface area (Å²) in [4.78, 5) is 0. The minimum atomic E-state index is 0.692. The number of hydrogen-bond donors (Lipinski definition) is 1. The van der Waals surface area contributed by atoms with Crippen molar-refractivity contribution in [2.45, 2.75) is 31.9 Å². The summed E-state index contributed by atoms with van der Waals surface area (Å²) in [6.07, 6.45) is 4.71. The first kappa shape index (κ1) is 12.0. The molecule has 1 fully saturated rings. The van der Waals surface area contributed by atoms with Crippen molar-refractivity contribution in [2.75, 3.05) is 13.1 Å². The SMILES string of the molecule is c1ccc2c(c1)Cn1ccc(C3CCNCC3)c1CO2. The van der Waals surface area contributed by atoms with E-state index in [2.05, 4.69) is 40.3 Å². The van der Waals surface area contributed by atoms with E-state index in [-0.39, 0.29) is 0 Å². The van der Waals surface area contributed by atoms with Gasteiger partial charge in [-0.15, -0.1) is 0 Å². The van der Waals surface area contributed by atoms with Crippen molar-refractivity contribution >= 4 is 0 Å². The maximum Gasteiger partial charge on any atom is 0.129 e. The van der Waals surface area contributed by atoms with Crippen LogP contribution in [0.15, 0.2) is 36.5 Å². The minimum absolute atomic E-state index is 0.692. The zero-order chi connectivity index (χ0) is 13.4. The third-order valence-corrected chi connectivity index (χ3v) is 4.57. The Labute approximate surface area is 119 Å². The molecular formula is C17H20N2O. The van der Waals surface area contributed by atoms with Crippen molar-refractivity contribution in [2.24, 2.45) is 0 Å². The van der Waals surface area contributed by atoms with E-state index in [0.717, 1.165) is 25.4 Å². The van der Waals surface area contributed by atoms with E-state index in [1.54, 1.807) is 0 Å². The lowest BCUT2D eigenvalue weighted by molar-refractivity contribution is 0.299. The van der Waals surface area contributed by atoms with Crippen molar-refractivity contribution < 1.29 is 4.74 Å². The van der Waals surface area contributed by atoms with Gasteiger partial charge in [-0.05, 0) is 49.5 Å². The molecule has 0 atom stereocenters. The molecule has 1 N–H and O–H groups in total. The first-order chi connectivity index (χ1) is 9.92. The van der Waals surface area contributed by atoms with Gasteiger partial charge in [0.2, 0.25) is 0 Å². The molecule has 1 aromatic heterocycles. The molecule has 20 heavy (non-hydrogen) atoms. The van der Waals surface area contributed by atoms with Crippen molar-refractivity contribution in [3.05, 3.63) is 53.3 Å². The molecule has 2 aliphatic rings. The largest absolute Gasteiger partial charge is 0.487 e. The molecule has 0 radical (unpaired) electrons. The number of para-hydroxylation sites is 1. The van der Waals surface area contributed by atoms with Gasteiger partial charge in [0.1, 0.15) is 12.4 Å². The van der Waals surface area contributed by atoms with Crippen molar-refractivity contribution in [1.29, 1.82) is 0 Å². The molecule has 0 amide bonds. The number of aromatic nitrogens is 1. The summed E-state index contributed by atoms with van der Waals surface area (Å²) in [6.45, 7) is 3.90. The summed E-state index contributed by atoms with van der Waals surface area (Å²) >= 11 is 0. The fraction of sp³-hybridized carbons (Fsp3) is 0.412. The van der Waals surface area contributed by atoms with Gasteiger partial charge in [0, 0.05) is 11.8 Å². The van der Waals surface area contributed by atoms with Crippen LogP contribution in [-0.2, 0) is 13.2 Å². The van der Waals surface area contributed by atoms with E-state index >= 15 is 0 Å². The Morgan fingerprint density at radius 3 is 2.85 bits per heavy atom. The lowest BCUT2D eigenvalue weighted by atomic mass is 9.90. The number of rotatable bonds is 1. The predicted octanol–water partition coefficient (Wildman–Crippen LogP) is 2.90. The maximum absolute atomic E-state index is 6.03. The van der Waals surface area contributed by atoms with Crippen LogP contribution < -0.4 is 10.1 Å². The maximum atomic E-state index is 6.03. The van der Waals surface area contributed by atoms with E-state index in [1.165, 1.54) is 29.7 Å². The molecule has 3 nitrogen and oxygen atoms in total. The number of nitrogens with zero attached hydrogens (tertiary/aromatic N) is 1. The number of nitrogens with one attached hydrogen (secondary N) is 1. The second kappa shape index (κ2) is 4.98. The molecule has 0 bridgehead atoms. The minimum Gasteiger partial charge on any atom is -0.487 e. The van der Waals surface area contributed by atoms with Gasteiger partial charge in [0.25, 0.3) is 0 Å². The number of ether oxygens (including phenoxy) is 1. The highest BCUT2D eigenvalue weighted by atomic mass is 16.5. The number of piperidine rings is 1. The summed E-state index contributed by atoms with van der Waals surface area (Å²) < 4.78 is 8.39. The average molecular weight is 268 g/mol. The molecule has 1 saturated heterocycles. The highest BCUT2D eigenvalue weighted by Crippen LogP contribution is 2.32. The molecule has 0 saturated carbocycles. The fourth-order valence-corrected chi connectivity index (χ4v) is 3.45. The van der Waals surface area contributed by atoms with Crippen LogP contribution in [0.3, 0.4) is 0 Å². The quantitative estimate of drug-likeness (QED) is 0.860. The van der Waals surface area contributed by atoms with Crippen LogP contribution in [-0.4, -0.2) is 17.7 Å². The molecule has 1 aromatic carbocycles. The normalized spacial score (nSPS) is 18.8. The summed E-state index contributed by atoms with van der Waals surface area (Å²) in [6, 6.07) is 10.7. The van der Waals surface area contributed by atoms with E-state index in [4.69, 9.17) is 4.74 Å². The van der Waals surface area contributed by atoms with Gasteiger partial charge < -0.3 is 14.6 Å². The Kier molecular flexibility index (Phi) is 3.00. The van der Waals surface area contributed by atoms with E-state index in [0.29, 0.717) is 12.5 Å². The molecular weight excluding hydrogens is 248 g/mol. The molecule has 104 valence electrons. The first-order valence-corrected chi connectivity index (χ1v) is 7.51. The van der Waals surface area contributed by atoms with Gasteiger partial charge >= 0.3 is 0 Å². The fourth-order valence-electron chi connectivity index (χ4n) is 3.45. The summed E-state index contributed by atoms with van der Waals surface area (Å²) in [5, 5.41) is 3.45. The molecule has 0 unspecified atom stereocenters.